The minimum atomic E-state index is -1.06. The predicted octanol–water partition coefficient (Wildman–Crippen LogP) is 5.51. The molecule has 1 aromatic heterocycles. The Morgan fingerprint density at radius 2 is 1.73 bits per heavy atom. The molecular formula is C19H13Cl2NO4. The lowest BCUT2D eigenvalue weighted by atomic mass is 10.1. The Labute approximate surface area is 159 Å². The van der Waals surface area contributed by atoms with Gasteiger partial charge in [0, 0.05) is 21.3 Å². The van der Waals surface area contributed by atoms with Crippen molar-refractivity contribution < 1.29 is 19.1 Å². The average molecular weight is 390 g/mol. The molecule has 0 aliphatic heterocycles. The number of carbonyl (C=O) groups excluding carboxylic acids is 1. The lowest BCUT2D eigenvalue weighted by Crippen LogP contribution is -2.13. The third-order valence-electron chi connectivity index (χ3n) is 3.79. The van der Waals surface area contributed by atoms with E-state index in [1.807, 2.05) is 0 Å². The molecule has 0 bridgehead atoms. The Morgan fingerprint density at radius 1 is 1.04 bits per heavy atom. The standard InChI is InChI=1S/C19H13Cl2NO4/c1-10-14(19(24)25)3-2-4-15(10)22-18(23)17-6-5-16(26-17)11-7-12(20)9-13(21)8-11/h2-9H,1H3,(H,22,23)(H,24,25). The highest BCUT2D eigenvalue weighted by molar-refractivity contribution is 6.35. The molecule has 0 aliphatic carbocycles. The number of nitrogens with one attached hydrogen (secondary N) is 1. The summed E-state index contributed by atoms with van der Waals surface area (Å²) in [6.07, 6.45) is 0. The fourth-order valence-corrected chi connectivity index (χ4v) is 3.02. The van der Waals surface area contributed by atoms with Crippen molar-refractivity contribution in [3.8, 4) is 11.3 Å². The van der Waals surface area contributed by atoms with Crippen molar-refractivity contribution in [2.24, 2.45) is 0 Å². The smallest absolute Gasteiger partial charge is 0.336 e. The number of carbonyl (C=O) groups is 2. The molecule has 7 heteroatoms. The van der Waals surface area contributed by atoms with Gasteiger partial charge in [-0.25, -0.2) is 4.79 Å². The number of furan rings is 1. The largest absolute Gasteiger partial charge is 0.478 e. The van der Waals surface area contributed by atoms with Crippen LogP contribution in [0.3, 0.4) is 0 Å². The van der Waals surface area contributed by atoms with Gasteiger partial charge in [-0.1, -0.05) is 29.3 Å². The molecule has 1 amide bonds. The first-order valence-corrected chi connectivity index (χ1v) is 8.31. The van der Waals surface area contributed by atoms with E-state index >= 15 is 0 Å². The molecule has 0 radical (unpaired) electrons. The summed E-state index contributed by atoms with van der Waals surface area (Å²) in [7, 11) is 0. The zero-order valence-corrected chi connectivity index (χ0v) is 15.1. The van der Waals surface area contributed by atoms with Crippen LogP contribution in [-0.2, 0) is 0 Å². The minimum Gasteiger partial charge on any atom is -0.478 e. The topological polar surface area (TPSA) is 79.5 Å². The molecule has 0 atom stereocenters. The second-order valence-electron chi connectivity index (χ2n) is 5.56. The molecule has 0 saturated heterocycles. The molecule has 2 aromatic carbocycles. The Kier molecular flexibility index (Phi) is 5.02. The normalized spacial score (nSPS) is 10.6. The van der Waals surface area contributed by atoms with Crippen LogP contribution in [0.4, 0.5) is 5.69 Å². The van der Waals surface area contributed by atoms with E-state index in [4.69, 9.17) is 32.7 Å². The number of amides is 1. The van der Waals surface area contributed by atoms with Crippen LogP contribution in [0.1, 0.15) is 26.5 Å². The summed E-state index contributed by atoms with van der Waals surface area (Å²) in [5.74, 6) is -1.03. The summed E-state index contributed by atoms with van der Waals surface area (Å²) in [6, 6.07) is 12.8. The highest BCUT2D eigenvalue weighted by Crippen LogP contribution is 2.29. The van der Waals surface area contributed by atoms with Gasteiger partial charge in [0.1, 0.15) is 5.76 Å². The molecule has 0 aliphatic rings. The lowest BCUT2D eigenvalue weighted by Gasteiger charge is -2.09. The summed E-state index contributed by atoms with van der Waals surface area (Å²) < 4.78 is 5.59. The van der Waals surface area contributed by atoms with E-state index in [2.05, 4.69) is 5.32 Å². The SMILES string of the molecule is Cc1c(NC(=O)c2ccc(-c3cc(Cl)cc(Cl)c3)o2)cccc1C(=O)O. The molecule has 0 unspecified atom stereocenters. The second kappa shape index (κ2) is 7.23. The van der Waals surface area contributed by atoms with Gasteiger partial charge in [0.15, 0.2) is 5.76 Å². The van der Waals surface area contributed by atoms with Crippen LogP contribution in [0.2, 0.25) is 10.0 Å². The van der Waals surface area contributed by atoms with Crippen LogP contribution < -0.4 is 5.32 Å². The van der Waals surface area contributed by atoms with Crippen LogP contribution in [0.5, 0.6) is 0 Å². The lowest BCUT2D eigenvalue weighted by molar-refractivity contribution is 0.0695. The summed E-state index contributed by atoms with van der Waals surface area (Å²) in [4.78, 5) is 23.6. The van der Waals surface area contributed by atoms with Gasteiger partial charge in [0.25, 0.3) is 5.91 Å². The van der Waals surface area contributed by atoms with Gasteiger partial charge < -0.3 is 14.8 Å². The maximum atomic E-state index is 12.4. The molecule has 2 N–H and O–H groups in total. The second-order valence-corrected chi connectivity index (χ2v) is 6.43. The minimum absolute atomic E-state index is 0.0798. The summed E-state index contributed by atoms with van der Waals surface area (Å²) >= 11 is 12.0. The number of halogens is 2. The molecule has 132 valence electrons. The number of carboxylic acids is 1. The number of rotatable bonds is 4. The zero-order valence-electron chi connectivity index (χ0n) is 13.5. The Balaban J connectivity index is 1.85. The van der Waals surface area contributed by atoms with Crippen molar-refractivity contribution in [1.29, 1.82) is 0 Å². The predicted molar refractivity (Wildman–Crippen MR) is 100 cm³/mol. The number of hydrogen-bond acceptors (Lipinski definition) is 3. The first-order chi connectivity index (χ1) is 12.3. The Hall–Kier alpha value is -2.76. The van der Waals surface area contributed by atoms with Gasteiger partial charge in [0.05, 0.1) is 5.56 Å². The van der Waals surface area contributed by atoms with Gasteiger partial charge in [-0.15, -0.1) is 0 Å². The summed E-state index contributed by atoms with van der Waals surface area (Å²) in [5, 5.41) is 12.7. The van der Waals surface area contributed by atoms with Gasteiger partial charge in [-0.2, -0.15) is 0 Å². The van der Waals surface area contributed by atoms with Crippen molar-refractivity contribution in [3.05, 3.63) is 75.5 Å². The van der Waals surface area contributed by atoms with Gasteiger partial charge in [0.2, 0.25) is 0 Å². The van der Waals surface area contributed by atoms with Crippen molar-refractivity contribution in [1.82, 2.24) is 0 Å². The highest BCUT2D eigenvalue weighted by Gasteiger charge is 2.16. The quantitative estimate of drug-likeness (QED) is 0.616. The highest BCUT2D eigenvalue weighted by atomic mass is 35.5. The maximum Gasteiger partial charge on any atom is 0.336 e. The number of aromatic carboxylic acids is 1. The molecule has 0 spiro atoms. The van der Waals surface area contributed by atoms with E-state index in [0.717, 1.165) is 0 Å². The van der Waals surface area contributed by atoms with Crippen molar-refractivity contribution in [2.75, 3.05) is 5.32 Å². The van der Waals surface area contributed by atoms with Crippen LogP contribution in [0, 0.1) is 6.92 Å². The fraction of sp³-hybridized carbons (Fsp3) is 0.0526. The molecule has 0 saturated carbocycles. The monoisotopic (exact) mass is 389 g/mol. The van der Waals surface area contributed by atoms with Crippen molar-refractivity contribution in [2.45, 2.75) is 6.92 Å². The third kappa shape index (κ3) is 3.74. The van der Waals surface area contributed by atoms with Crippen LogP contribution in [0.15, 0.2) is 52.9 Å². The van der Waals surface area contributed by atoms with Crippen LogP contribution >= 0.6 is 23.2 Å². The van der Waals surface area contributed by atoms with Crippen molar-refractivity contribution in [3.63, 3.8) is 0 Å². The Bertz CT molecular complexity index is 990. The van der Waals surface area contributed by atoms with Crippen LogP contribution in [0.25, 0.3) is 11.3 Å². The van der Waals surface area contributed by atoms with E-state index in [-0.39, 0.29) is 11.3 Å². The molecule has 0 fully saturated rings. The van der Waals surface area contributed by atoms with Crippen LogP contribution in [-0.4, -0.2) is 17.0 Å². The molecular weight excluding hydrogens is 377 g/mol. The zero-order chi connectivity index (χ0) is 18.8. The van der Waals surface area contributed by atoms with E-state index < -0.39 is 11.9 Å². The number of carboxylic acid groups (broad SMARTS) is 1. The maximum absolute atomic E-state index is 12.4. The van der Waals surface area contributed by atoms with E-state index in [1.54, 1.807) is 43.3 Å². The van der Waals surface area contributed by atoms with Gasteiger partial charge >= 0.3 is 5.97 Å². The molecule has 3 aromatic rings. The summed E-state index contributed by atoms with van der Waals surface area (Å²) in [6.45, 7) is 1.63. The summed E-state index contributed by atoms with van der Waals surface area (Å²) in [5.41, 5.74) is 1.63. The van der Waals surface area contributed by atoms with E-state index in [9.17, 15) is 9.59 Å². The Morgan fingerprint density at radius 3 is 2.38 bits per heavy atom. The van der Waals surface area contributed by atoms with Crippen molar-refractivity contribution >= 4 is 40.8 Å². The first-order valence-electron chi connectivity index (χ1n) is 7.55. The molecule has 5 nitrogen and oxygen atoms in total. The molecule has 1 heterocycles. The average Bonchev–Trinajstić information content (AvgIpc) is 3.06. The first kappa shape index (κ1) is 18.0. The van der Waals surface area contributed by atoms with E-state index in [0.29, 0.717) is 32.6 Å². The molecule has 3 rings (SSSR count). The van der Waals surface area contributed by atoms with Gasteiger partial charge in [-0.05, 0) is 55.0 Å². The number of benzene rings is 2. The van der Waals surface area contributed by atoms with Gasteiger partial charge in [-0.3, -0.25) is 4.79 Å². The number of anilines is 1. The third-order valence-corrected chi connectivity index (χ3v) is 4.23. The fourth-order valence-electron chi connectivity index (χ4n) is 2.50. The molecule has 26 heavy (non-hydrogen) atoms. The van der Waals surface area contributed by atoms with E-state index in [1.165, 1.54) is 12.1 Å². The number of hydrogen-bond donors (Lipinski definition) is 2.